The van der Waals surface area contributed by atoms with Crippen LogP contribution in [0.25, 0.3) is 16.8 Å². The first-order valence-corrected chi connectivity index (χ1v) is 6.54. The third-order valence-electron chi connectivity index (χ3n) is 3.92. The molecular formula is C17H18O2. The Kier molecular flexibility index (Phi) is 2.92. The van der Waals surface area contributed by atoms with Crippen molar-refractivity contribution < 1.29 is 9.84 Å². The third-order valence-corrected chi connectivity index (χ3v) is 3.92. The molecule has 0 aliphatic heterocycles. The van der Waals surface area contributed by atoms with Crippen LogP contribution in [-0.2, 0) is 4.74 Å². The van der Waals surface area contributed by atoms with Crippen molar-refractivity contribution in [1.82, 2.24) is 0 Å². The Bertz CT molecular complexity index is 671. The first-order valence-electron chi connectivity index (χ1n) is 6.54. The Hall–Kier alpha value is -1.64. The standard InChI is InChI=1S/C17H18O2/c1-10-8-11(2)12-4-5-14-13(15(12)9-10)6-7-16(19-3)17(14)18/h4-9,16-18H,1-3H3/t16-,17-/m1/s1. The average Bonchev–Trinajstić information content (AvgIpc) is 2.39. The molecule has 2 aromatic carbocycles. The maximum atomic E-state index is 10.3. The predicted octanol–water partition coefficient (Wildman–Crippen LogP) is 3.53. The molecule has 98 valence electrons. The van der Waals surface area contributed by atoms with Gasteiger partial charge in [-0.05, 0) is 41.3 Å². The molecule has 1 N–H and O–H groups in total. The minimum atomic E-state index is -0.588. The third kappa shape index (κ3) is 1.88. The number of fused-ring (bicyclic) bond motifs is 3. The normalized spacial score (nSPS) is 21.7. The van der Waals surface area contributed by atoms with Gasteiger partial charge in [0.25, 0.3) is 0 Å². The number of aliphatic hydroxyl groups is 1. The summed E-state index contributed by atoms with van der Waals surface area (Å²) in [4.78, 5) is 0. The molecule has 2 nitrogen and oxygen atoms in total. The van der Waals surface area contributed by atoms with Crippen molar-refractivity contribution in [3.05, 3.63) is 52.6 Å². The first kappa shape index (κ1) is 12.4. The minimum Gasteiger partial charge on any atom is -0.385 e. The van der Waals surface area contributed by atoms with E-state index in [1.54, 1.807) is 7.11 Å². The van der Waals surface area contributed by atoms with E-state index < -0.39 is 6.10 Å². The second kappa shape index (κ2) is 4.48. The number of benzene rings is 2. The highest BCUT2D eigenvalue weighted by Gasteiger charge is 2.25. The molecule has 0 saturated carbocycles. The summed E-state index contributed by atoms with van der Waals surface area (Å²) in [6.07, 6.45) is 3.16. The zero-order chi connectivity index (χ0) is 13.6. The highest BCUT2D eigenvalue weighted by Crippen LogP contribution is 2.35. The number of hydrogen-bond acceptors (Lipinski definition) is 2. The van der Waals surface area contributed by atoms with Crippen LogP contribution in [0.15, 0.2) is 30.3 Å². The van der Waals surface area contributed by atoms with Crippen molar-refractivity contribution in [2.75, 3.05) is 7.11 Å². The lowest BCUT2D eigenvalue weighted by molar-refractivity contribution is 0.0151. The molecule has 0 unspecified atom stereocenters. The van der Waals surface area contributed by atoms with Crippen LogP contribution < -0.4 is 0 Å². The Labute approximate surface area is 113 Å². The van der Waals surface area contributed by atoms with E-state index in [0.717, 1.165) is 11.1 Å². The summed E-state index contributed by atoms with van der Waals surface area (Å²) in [5.41, 5.74) is 4.58. The molecule has 2 heteroatoms. The van der Waals surface area contributed by atoms with E-state index in [2.05, 4.69) is 38.1 Å². The molecule has 2 atom stereocenters. The fourth-order valence-electron chi connectivity index (χ4n) is 2.97. The van der Waals surface area contributed by atoms with Gasteiger partial charge in [-0.3, -0.25) is 0 Å². The van der Waals surface area contributed by atoms with Crippen molar-refractivity contribution >= 4 is 16.8 Å². The molecule has 1 aliphatic carbocycles. The number of methoxy groups -OCH3 is 1. The van der Waals surface area contributed by atoms with E-state index in [4.69, 9.17) is 4.74 Å². The van der Waals surface area contributed by atoms with Crippen LogP contribution in [-0.4, -0.2) is 18.3 Å². The molecule has 0 aromatic heterocycles. The highest BCUT2D eigenvalue weighted by molar-refractivity contribution is 5.95. The zero-order valence-corrected chi connectivity index (χ0v) is 11.5. The molecule has 1 aliphatic rings. The average molecular weight is 254 g/mol. The van der Waals surface area contributed by atoms with E-state index >= 15 is 0 Å². The van der Waals surface area contributed by atoms with Gasteiger partial charge in [0.2, 0.25) is 0 Å². The quantitative estimate of drug-likeness (QED) is 0.843. The fourth-order valence-corrected chi connectivity index (χ4v) is 2.97. The maximum Gasteiger partial charge on any atom is 0.109 e. The molecule has 0 fully saturated rings. The van der Waals surface area contributed by atoms with E-state index in [1.165, 1.54) is 21.9 Å². The summed E-state index contributed by atoms with van der Waals surface area (Å²) < 4.78 is 5.28. The summed E-state index contributed by atoms with van der Waals surface area (Å²) in [6, 6.07) is 8.49. The summed E-state index contributed by atoms with van der Waals surface area (Å²) in [7, 11) is 1.62. The molecule has 3 rings (SSSR count). The van der Waals surface area contributed by atoms with E-state index in [9.17, 15) is 5.11 Å². The number of rotatable bonds is 1. The Balaban J connectivity index is 2.31. The number of aryl methyl sites for hydroxylation is 2. The van der Waals surface area contributed by atoms with Crippen molar-refractivity contribution in [3.8, 4) is 0 Å². The van der Waals surface area contributed by atoms with Gasteiger partial charge in [0.05, 0.1) is 0 Å². The second-order valence-corrected chi connectivity index (χ2v) is 5.25. The smallest absolute Gasteiger partial charge is 0.109 e. The molecule has 2 aromatic rings. The lowest BCUT2D eigenvalue weighted by atomic mass is 9.87. The van der Waals surface area contributed by atoms with Gasteiger partial charge in [-0.15, -0.1) is 0 Å². The van der Waals surface area contributed by atoms with Gasteiger partial charge in [0.1, 0.15) is 12.2 Å². The molecule has 0 heterocycles. The topological polar surface area (TPSA) is 29.5 Å². The monoisotopic (exact) mass is 254 g/mol. The van der Waals surface area contributed by atoms with Gasteiger partial charge in [0.15, 0.2) is 0 Å². The molecule has 0 radical (unpaired) electrons. The molecule has 0 spiro atoms. The van der Waals surface area contributed by atoms with Crippen LogP contribution >= 0.6 is 0 Å². The number of aliphatic hydroxyl groups excluding tert-OH is 1. The van der Waals surface area contributed by atoms with Crippen LogP contribution in [0.4, 0.5) is 0 Å². The van der Waals surface area contributed by atoms with E-state index in [1.807, 2.05) is 12.1 Å². The van der Waals surface area contributed by atoms with Gasteiger partial charge in [-0.25, -0.2) is 0 Å². The van der Waals surface area contributed by atoms with Crippen LogP contribution in [0.5, 0.6) is 0 Å². The van der Waals surface area contributed by atoms with E-state index in [-0.39, 0.29) is 6.10 Å². The Morgan fingerprint density at radius 2 is 1.89 bits per heavy atom. The fraction of sp³-hybridized carbons (Fsp3) is 0.294. The largest absolute Gasteiger partial charge is 0.385 e. The van der Waals surface area contributed by atoms with Gasteiger partial charge >= 0.3 is 0 Å². The van der Waals surface area contributed by atoms with Crippen molar-refractivity contribution in [2.24, 2.45) is 0 Å². The molecular weight excluding hydrogens is 236 g/mol. The molecule has 0 bridgehead atoms. The summed E-state index contributed by atoms with van der Waals surface area (Å²) in [5, 5.41) is 12.8. The van der Waals surface area contributed by atoms with Gasteiger partial charge in [0, 0.05) is 7.11 Å². The number of hydrogen-bond donors (Lipinski definition) is 1. The van der Waals surface area contributed by atoms with Crippen LogP contribution in [0.1, 0.15) is 28.4 Å². The summed E-state index contributed by atoms with van der Waals surface area (Å²) >= 11 is 0. The molecule has 0 saturated heterocycles. The van der Waals surface area contributed by atoms with Crippen molar-refractivity contribution in [2.45, 2.75) is 26.1 Å². The van der Waals surface area contributed by atoms with Gasteiger partial charge in [-0.2, -0.15) is 0 Å². The maximum absolute atomic E-state index is 10.3. The van der Waals surface area contributed by atoms with E-state index in [0.29, 0.717) is 0 Å². The predicted molar refractivity (Wildman–Crippen MR) is 78.2 cm³/mol. The molecule has 19 heavy (non-hydrogen) atoms. The summed E-state index contributed by atoms with van der Waals surface area (Å²) in [5.74, 6) is 0. The number of ether oxygens (including phenoxy) is 1. The lowest BCUT2D eigenvalue weighted by Crippen LogP contribution is -2.21. The summed E-state index contributed by atoms with van der Waals surface area (Å²) in [6.45, 7) is 4.23. The molecule has 0 amide bonds. The van der Waals surface area contributed by atoms with Crippen LogP contribution in [0.2, 0.25) is 0 Å². The van der Waals surface area contributed by atoms with Crippen LogP contribution in [0.3, 0.4) is 0 Å². The van der Waals surface area contributed by atoms with Crippen molar-refractivity contribution in [3.63, 3.8) is 0 Å². The van der Waals surface area contributed by atoms with Gasteiger partial charge in [-0.1, -0.05) is 42.0 Å². The Morgan fingerprint density at radius 1 is 1.11 bits per heavy atom. The second-order valence-electron chi connectivity index (χ2n) is 5.25. The first-order chi connectivity index (χ1) is 9.11. The lowest BCUT2D eigenvalue weighted by Gasteiger charge is -2.26. The van der Waals surface area contributed by atoms with Gasteiger partial charge < -0.3 is 9.84 Å². The Morgan fingerprint density at radius 3 is 2.63 bits per heavy atom. The van der Waals surface area contributed by atoms with Crippen LogP contribution in [0, 0.1) is 13.8 Å². The minimum absolute atomic E-state index is 0.254. The SMILES string of the molecule is CO[C@@H]1C=Cc2c(ccc3c(C)cc(C)cc23)[C@H]1O. The zero-order valence-electron chi connectivity index (χ0n) is 11.5. The highest BCUT2D eigenvalue weighted by atomic mass is 16.5. The van der Waals surface area contributed by atoms with Crippen molar-refractivity contribution in [1.29, 1.82) is 0 Å².